The zero-order chi connectivity index (χ0) is 15.4. The molecular formula is C15H22ClN3O2. The van der Waals surface area contributed by atoms with Crippen molar-refractivity contribution in [1.82, 2.24) is 4.90 Å². The van der Waals surface area contributed by atoms with Gasteiger partial charge in [-0.25, -0.2) is 0 Å². The number of benzene rings is 1. The van der Waals surface area contributed by atoms with Crippen molar-refractivity contribution in [1.29, 1.82) is 0 Å². The average molecular weight is 312 g/mol. The lowest BCUT2D eigenvalue weighted by molar-refractivity contribution is -0.118. The Bertz CT molecular complexity index is 510. The summed E-state index contributed by atoms with van der Waals surface area (Å²) in [6.07, 6.45) is 3.53. The quantitative estimate of drug-likeness (QED) is 0.744. The van der Waals surface area contributed by atoms with Crippen molar-refractivity contribution >= 4 is 28.9 Å². The van der Waals surface area contributed by atoms with E-state index in [1.165, 1.54) is 0 Å². The summed E-state index contributed by atoms with van der Waals surface area (Å²) in [6.45, 7) is 0.225. The molecule has 0 bridgehead atoms. The third-order valence-electron chi connectivity index (χ3n) is 3.92. The molecule has 1 aromatic rings. The number of halogens is 1. The van der Waals surface area contributed by atoms with Gasteiger partial charge in [-0.3, -0.25) is 9.69 Å². The maximum atomic E-state index is 12.1. The number of carbonyl (C=O) groups is 1. The highest BCUT2D eigenvalue weighted by Gasteiger charge is 2.27. The summed E-state index contributed by atoms with van der Waals surface area (Å²) in [5, 5.41) is 13.2. The highest BCUT2D eigenvalue weighted by atomic mass is 35.5. The number of carbonyl (C=O) groups excluding carboxylic acids is 1. The van der Waals surface area contributed by atoms with E-state index < -0.39 is 0 Å². The van der Waals surface area contributed by atoms with Crippen LogP contribution in [0.3, 0.4) is 0 Å². The molecular weight excluding hydrogens is 290 g/mol. The van der Waals surface area contributed by atoms with Crippen molar-refractivity contribution in [3.8, 4) is 0 Å². The molecule has 1 fully saturated rings. The van der Waals surface area contributed by atoms with Crippen molar-refractivity contribution in [3.05, 3.63) is 23.2 Å². The number of rotatable bonds is 4. The second-order valence-electron chi connectivity index (χ2n) is 5.62. The van der Waals surface area contributed by atoms with Gasteiger partial charge in [0.15, 0.2) is 0 Å². The zero-order valence-electron chi connectivity index (χ0n) is 12.2. The Morgan fingerprint density at radius 1 is 1.48 bits per heavy atom. The lowest BCUT2D eigenvalue weighted by atomic mass is 9.91. The van der Waals surface area contributed by atoms with E-state index in [0.717, 1.165) is 25.7 Å². The van der Waals surface area contributed by atoms with Crippen LogP contribution in [0.15, 0.2) is 18.2 Å². The van der Waals surface area contributed by atoms with Crippen LogP contribution in [0.4, 0.5) is 11.4 Å². The van der Waals surface area contributed by atoms with Gasteiger partial charge in [0.1, 0.15) is 0 Å². The van der Waals surface area contributed by atoms with Crippen molar-refractivity contribution in [2.75, 3.05) is 24.6 Å². The minimum atomic E-state index is -0.350. The maximum absolute atomic E-state index is 12.1. The average Bonchev–Trinajstić information content (AvgIpc) is 2.42. The van der Waals surface area contributed by atoms with Crippen LogP contribution in [0.1, 0.15) is 25.7 Å². The number of nitrogens with two attached hydrogens (primary N) is 1. The molecule has 5 nitrogen and oxygen atoms in total. The summed E-state index contributed by atoms with van der Waals surface area (Å²) in [7, 11) is 1.86. The number of nitrogen functional groups attached to an aromatic ring is 1. The number of hydrogen-bond donors (Lipinski definition) is 3. The van der Waals surface area contributed by atoms with Gasteiger partial charge >= 0.3 is 0 Å². The Balaban J connectivity index is 1.91. The van der Waals surface area contributed by atoms with Gasteiger partial charge in [0, 0.05) is 11.7 Å². The molecule has 6 heteroatoms. The maximum Gasteiger partial charge on any atom is 0.238 e. The minimum absolute atomic E-state index is 0.0476. The second-order valence-corrected chi connectivity index (χ2v) is 6.03. The number of nitrogens with zero attached hydrogens (tertiary/aromatic N) is 1. The highest BCUT2D eigenvalue weighted by Crippen LogP contribution is 2.25. The molecule has 1 saturated carbocycles. The smallest absolute Gasteiger partial charge is 0.238 e. The molecule has 2 rings (SSSR count). The van der Waals surface area contributed by atoms with Gasteiger partial charge in [-0.05, 0) is 38.1 Å². The first-order valence-electron chi connectivity index (χ1n) is 7.20. The fourth-order valence-electron chi connectivity index (χ4n) is 2.77. The number of aliphatic hydroxyl groups is 1. The molecule has 0 saturated heterocycles. The number of nitrogens with one attached hydrogen (secondary N) is 1. The van der Waals surface area contributed by atoms with E-state index in [9.17, 15) is 9.90 Å². The lowest BCUT2D eigenvalue weighted by Crippen LogP contribution is -2.46. The number of likely N-dealkylation sites (N-methyl/N-ethyl adjacent to an activating group) is 1. The number of anilines is 2. The van der Waals surface area contributed by atoms with Crippen LogP contribution in [-0.2, 0) is 4.79 Å². The van der Waals surface area contributed by atoms with Gasteiger partial charge in [0.25, 0.3) is 0 Å². The zero-order valence-corrected chi connectivity index (χ0v) is 12.9. The number of hydrogen-bond acceptors (Lipinski definition) is 4. The van der Waals surface area contributed by atoms with Crippen LogP contribution in [-0.4, -0.2) is 41.7 Å². The topological polar surface area (TPSA) is 78.6 Å². The van der Waals surface area contributed by atoms with Crippen LogP contribution in [0.2, 0.25) is 5.02 Å². The SMILES string of the molecule is CN(CC(=O)Nc1ccc(N)cc1Cl)C1CCCCC1O. The lowest BCUT2D eigenvalue weighted by Gasteiger charge is -2.34. The molecule has 0 aromatic heterocycles. The second kappa shape index (κ2) is 7.11. The van der Waals surface area contributed by atoms with E-state index in [0.29, 0.717) is 16.4 Å². The standard InChI is InChI=1S/C15H22ClN3O2/c1-19(13-4-2-3-5-14(13)20)9-15(21)18-12-7-6-10(17)8-11(12)16/h6-8,13-14,20H,2-5,9,17H2,1H3,(H,18,21). The Kier molecular flexibility index (Phi) is 5.45. The van der Waals surface area contributed by atoms with Gasteiger partial charge in [-0.2, -0.15) is 0 Å². The first-order valence-corrected chi connectivity index (χ1v) is 7.58. The van der Waals surface area contributed by atoms with E-state index in [2.05, 4.69) is 5.32 Å². The summed E-state index contributed by atoms with van der Waals surface area (Å²) in [5.74, 6) is -0.151. The Morgan fingerprint density at radius 3 is 2.86 bits per heavy atom. The fraction of sp³-hybridized carbons (Fsp3) is 0.533. The van der Waals surface area contributed by atoms with E-state index >= 15 is 0 Å². The third kappa shape index (κ3) is 4.33. The minimum Gasteiger partial charge on any atom is -0.399 e. The van der Waals surface area contributed by atoms with E-state index in [1.54, 1.807) is 18.2 Å². The number of aliphatic hydroxyl groups excluding tert-OH is 1. The largest absolute Gasteiger partial charge is 0.399 e. The molecule has 1 aromatic carbocycles. The molecule has 0 radical (unpaired) electrons. The molecule has 1 aliphatic rings. The fourth-order valence-corrected chi connectivity index (χ4v) is 3.01. The molecule has 2 unspecified atom stereocenters. The molecule has 4 N–H and O–H groups in total. The van der Waals surface area contributed by atoms with Crippen LogP contribution >= 0.6 is 11.6 Å². The third-order valence-corrected chi connectivity index (χ3v) is 4.23. The van der Waals surface area contributed by atoms with Gasteiger partial charge in [0.05, 0.1) is 23.4 Å². The van der Waals surface area contributed by atoms with Gasteiger partial charge in [-0.15, -0.1) is 0 Å². The molecule has 2 atom stereocenters. The Hall–Kier alpha value is -1.30. The monoisotopic (exact) mass is 311 g/mol. The predicted octanol–water partition coefficient (Wildman–Crippen LogP) is 2.10. The van der Waals surface area contributed by atoms with Gasteiger partial charge in [-0.1, -0.05) is 24.4 Å². The predicted molar refractivity (Wildman–Crippen MR) is 85.4 cm³/mol. The van der Waals surface area contributed by atoms with Crippen LogP contribution < -0.4 is 11.1 Å². The molecule has 21 heavy (non-hydrogen) atoms. The first kappa shape index (κ1) is 16.1. The summed E-state index contributed by atoms with van der Waals surface area (Å²) in [6, 6.07) is 5.03. The normalized spacial score (nSPS) is 22.3. The van der Waals surface area contributed by atoms with Crippen molar-refractivity contribution in [2.45, 2.75) is 37.8 Å². The highest BCUT2D eigenvalue weighted by molar-refractivity contribution is 6.34. The summed E-state index contributed by atoms with van der Waals surface area (Å²) >= 11 is 6.03. The molecule has 1 aliphatic carbocycles. The van der Waals surface area contributed by atoms with E-state index in [1.807, 2.05) is 11.9 Å². The van der Waals surface area contributed by atoms with E-state index in [4.69, 9.17) is 17.3 Å². The Labute approximate surface area is 130 Å². The summed E-state index contributed by atoms with van der Waals surface area (Å²) in [4.78, 5) is 14.0. The Morgan fingerprint density at radius 2 is 2.19 bits per heavy atom. The van der Waals surface area contributed by atoms with Gasteiger partial charge in [0.2, 0.25) is 5.91 Å². The molecule has 1 amide bonds. The van der Waals surface area contributed by atoms with E-state index in [-0.39, 0.29) is 24.6 Å². The summed E-state index contributed by atoms with van der Waals surface area (Å²) in [5.41, 5.74) is 6.72. The molecule has 0 spiro atoms. The number of amides is 1. The van der Waals surface area contributed by atoms with Crippen LogP contribution in [0.25, 0.3) is 0 Å². The van der Waals surface area contributed by atoms with Crippen molar-refractivity contribution < 1.29 is 9.90 Å². The van der Waals surface area contributed by atoms with Crippen LogP contribution in [0, 0.1) is 0 Å². The van der Waals surface area contributed by atoms with Gasteiger partial charge < -0.3 is 16.2 Å². The molecule has 0 heterocycles. The first-order chi connectivity index (χ1) is 9.97. The van der Waals surface area contributed by atoms with Crippen LogP contribution in [0.5, 0.6) is 0 Å². The molecule has 0 aliphatic heterocycles. The van der Waals surface area contributed by atoms with Crippen molar-refractivity contribution in [2.24, 2.45) is 0 Å². The van der Waals surface area contributed by atoms with Crippen molar-refractivity contribution in [3.63, 3.8) is 0 Å². The summed E-state index contributed by atoms with van der Waals surface area (Å²) < 4.78 is 0. The molecule has 116 valence electrons.